The summed E-state index contributed by atoms with van der Waals surface area (Å²) in [5.41, 5.74) is 0.592. The Hall–Kier alpha value is -1.75. The first-order chi connectivity index (χ1) is 8.63. The molecule has 0 amide bonds. The molecule has 4 nitrogen and oxygen atoms in total. The van der Waals surface area contributed by atoms with Crippen molar-refractivity contribution in [1.29, 1.82) is 0 Å². The van der Waals surface area contributed by atoms with Crippen molar-refractivity contribution in [3.05, 3.63) is 39.5 Å². The van der Waals surface area contributed by atoms with Crippen molar-refractivity contribution in [2.75, 3.05) is 0 Å². The molecule has 0 atom stereocenters. The lowest BCUT2D eigenvalue weighted by molar-refractivity contribution is 0.101. The van der Waals surface area contributed by atoms with Crippen LogP contribution in [0.4, 0.5) is 0 Å². The molecule has 0 N–H and O–H groups in total. The largest absolute Gasteiger partial charge is 0.294 e. The predicted octanol–water partition coefficient (Wildman–Crippen LogP) is 2.58. The lowest BCUT2D eigenvalue weighted by Gasteiger charge is -2.07. The summed E-state index contributed by atoms with van der Waals surface area (Å²) in [6, 6.07) is 5.44. The molecule has 0 fully saturated rings. The minimum atomic E-state index is -0.301. The number of hydrogen-bond donors (Lipinski definition) is 0. The van der Waals surface area contributed by atoms with Crippen LogP contribution in [0.5, 0.6) is 0 Å². The molecule has 2 heterocycles. The second-order valence-corrected chi connectivity index (χ2v) is 4.95. The number of carbonyl (C=O) groups is 1. The van der Waals surface area contributed by atoms with Crippen molar-refractivity contribution in [2.24, 2.45) is 0 Å². The Bertz CT molecular complexity index is 614. The summed E-state index contributed by atoms with van der Waals surface area (Å²) in [6.07, 6.45) is 0.804. The Labute approximate surface area is 109 Å². The van der Waals surface area contributed by atoms with Crippen LogP contribution in [0.15, 0.2) is 28.4 Å². The molecule has 0 aliphatic carbocycles. The van der Waals surface area contributed by atoms with Crippen LogP contribution in [-0.2, 0) is 6.54 Å². The molecule has 18 heavy (non-hydrogen) atoms. The molecule has 0 aliphatic heterocycles. The summed E-state index contributed by atoms with van der Waals surface area (Å²) < 4.78 is 1.38. The molecule has 0 aromatic carbocycles. The van der Waals surface area contributed by atoms with Gasteiger partial charge < -0.3 is 0 Å². The number of nitrogens with zero attached hydrogens (tertiary/aromatic N) is 2. The first kappa shape index (κ1) is 12.7. The van der Waals surface area contributed by atoms with Gasteiger partial charge in [0.1, 0.15) is 5.69 Å². The number of aromatic nitrogens is 2. The highest BCUT2D eigenvalue weighted by molar-refractivity contribution is 7.13. The number of carbonyl (C=O) groups excluding carboxylic acids is 1. The van der Waals surface area contributed by atoms with Gasteiger partial charge in [0.25, 0.3) is 5.56 Å². The van der Waals surface area contributed by atoms with Gasteiger partial charge in [-0.3, -0.25) is 9.59 Å². The molecule has 5 heteroatoms. The van der Waals surface area contributed by atoms with Crippen molar-refractivity contribution in [3.63, 3.8) is 0 Å². The Morgan fingerprint density at radius 1 is 1.50 bits per heavy atom. The average molecular weight is 262 g/mol. The monoisotopic (exact) mass is 262 g/mol. The van der Waals surface area contributed by atoms with Crippen molar-refractivity contribution < 1.29 is 4.79 Å². The Morgan fingerprint density at radius 2 is 2.28 bits per heavy atom. The molecule has 0 saturated carbocycles. The Morgan fingerprint density at radius 3 is 2.83 bits per heavy atom. The summed E-state index contributed by atoms with van der Waals surface area (Å²) in [7, 11) is 0. The molecule has 0 spiro atoms. The van der Waals surface area contributed by atoms with Gasteiger partial charge >= 0.3 is 0 Å². The molecule has 0 unspecified atom stereocenters. The van der Waals surface area contributed by atoms with Crippen molar-refractivity contribution in [2.45, 2.75) is 26.8 Å². The molecule has 2 aromatic rings. The molecule has 2 aromatic heterocycles. The van der Waals surface area contributed by atoms with E-state index in [9.17, 15) is 9.59 Å². The number of rotatable bonds is 4. The van der Waals surface area contributed by atoms with Crippen LogP contribution in [0.2, 0.25) is 0 Å². The quantitative estimate of drug-likeness (QED) is 0.796. The van der Waals surface area contributed by atoms with Crippen LogP contribution in [0.1, 0.15) is 30.6 Å². The van der Waals surface area contributed by atoms with Gasteiger partial charge in [0.15, 0.2) is 5.78 Å². The molecular weight excluding hydrogens is 248 g/mol. The minimum absolute atomic E-state index is 0.210. The fourth-order valence-electron chi connectivity index (χ4n) is 1.70. The minimum Gasteiger partial charge on any atom is -0.294 e. The number of aryl methyl sites for hydroxylation is 1. The first-order valence-electron chi connectivity index (χ1n) is 5.80. The van der Waals surface area contributed by atoms with E-state index in [4.69, 9.17) is 0 Å². The van der Waals surface area contributed by atoms with E-state index in [0.717, 1.165) is 11.3 Å². The summed E-state index contributed by atoms with van der Waals surface area (Å²) in [5.74, 6) is -0.218. The van der Waals surface area contributed by atoms with Gasteiger partial charge in [0.2, 0.25) is 0 Å². The zero-order valence-corrected chi connectivity index (χ0v) is 11.2. The maximum atomic E-state index is 12.0. The SMILES string of the molecule is CCCn1nc(-c2cccs2)cc(C(C)=O)c1=O. The summed E-state index contributed by atoms with van der Waals surface area (Å²) in [4.78, 5) is 24.5. The smallest absolute Gasteiger partial charge is 0.277 e. The van der Waals surface area contributed by atoms with E-state index >= 15 is 0 Å². The standard InChI is InChI=1S/C13H14N2O2S/c1-3-6-15-13(17)10(9(2)16)8-11(14-15)12-5-4-7-18-12/h4-5,7-8H,3,6H2,1-2H3. The topological polar surface area (TPSA) is 52.0 Å². The molecule has 0 saturated heterocycles. The molecule has 0 aliphatic rings. The molecular formula is C13H14N2O2S. The number of hydrogen-bond acceptors (Lipinski definition) is 4. The van der Waals surface area contributed by atoms with Gasteiger partial charge in [-0.1, -0.05) is 13.0 Å². The van der Waals surface area contributed by atoms with Crippen molar-refractivity contribution in [1.82, 2.24) is 9.78 Å². The lowest BCUT2D eigenvalue weighted by Crippen LogP contribution is -2.28. The van der Waals surface area contributed by atoms with E-state index in [1.54, 1.807) is 6.07 Å². The normalized spacial score (nSPS) is 10.6. The molecule has 0 radical (unpaired) electrons. The van der Waals surface area contributed by atoms with Gasteiger partial charge in [-0.25, -0.2) is 4.68 Å². The number of Topliss-reactive ketones (excluding diaryl/α,β-unsaturated/α-hetero) is 1. The highest BCUT2D eigenvalue weighted by atomic mass is 32.1. The highest BCUT2D eigenvalue weighted by Crippen LogP contribution is 2.22. The van der Waals surface area contributed by atoms with Crippen LogP contribution in [0, 0.1) is 0 Å². The highest BCUT2D eigenvalue weighted by Gasteiger charge is 2.13. The second kappa shape index (κ2) is 5.27. The van der Waals surface area contributed by atoms with Crippen LogP contribution in [0.25, 0.3) is 10.6 Å². The van der Waals surface area contributed by atoms with E-state index in [1.165, 1.54) is 22.9 Å². The fraction of sp³-hybridized carbons (Fsp3) is 0.308. The van der Waals surface area contributed by atoms with E-state index in [-0.39, 0.29) is 16.9 Å². The predicted molar refractivity (Wildman–Crippen MR) is 72.1 cm³/mol. The van der Waals surface area contributed by atoms with Crippen LogP contribution in [-0.4, -0.2) is 15.6 Å². The van der Waals surface area contributed by atoms with Crippen LogP contribution < -0.4 is 5.56 Å². The van der Waals surface area contributed by atoms with Gasteiger partial charge in [0.05, 0.1) is 10.4 Å². The summed E-state index contributed by atoms with van der Waals surface area (Å²) in [5, 5.41) is 6.25. The Kier molecular flexibility index (Phi) is 3.72. The second-order valence-electron chi connectivity index (χ2n) is 4.01. The van der Waals surface area contributed by atoms with Gasteiger partial charge in [-0.05, 0) is 30.9 Å². The van der Waals surface area contributed by atoms with Crippen molar-refractivity contribution >= 4 is 17.1 Å². The van der Waals surface area contributed by atoms with Gasteiger partial charge in [-0.2, -0.15) is 5.10 Å². The third-order valence-electron chi connectivity index (χ3n) is 2.56. The number of ketones is 1. The lowest BCUT2D eigenvalue weighted by atomic mass is 10.2. The summed E-state index contributed by atoms with van der Waals surface area (Å²) in [6.45, 7) is 3.91. The third-order valence-corrected chi connectivity index (χ3v) is 3.46. The van der Waals surface area contributed by atoms with E-state index < -0.39 is 0 Å². The van der Waals surface area contributed by atoms with Crippen molar-refractivity contribution in [3.8, 4) is 10.6 Å². The maximum Gasteiger partial charge on any atom is 0.277 e. The molecule has 0 bridgehead atoms. The van der Waals surface area contributed by atoms with E-state index in [0.29, 0.717) is 12.2 Å². The summed E-state index contributed by atoms with van der Waals surface area (Å²) >= 11 is 1.54. The van der Waals surface area contributed by atoms with E-state index in [2.05, 4.69) is 5.10 Å². The van der Waals surface area contributed by atoms with Crippen LogP contribution >= 0.6 is 11.3 Å². The van der Waals surface area contributed by atoms with E-state index in [1.807, 2.05) is 24.4 Å². The number of thiophene rings is 1. The zero-order valence-electron chi connectivity index (χ0n) is 10.3. The molecule has 2 rings (SSSR count). The molecule has 94 valence electrons. The fourth-order valence-corrected chi connectivity index (χ4v) is 2.38. The Balaban J connectivity index is 2.62. The maximum absolute atomic E-state index is 12.0. The average Bonchev–Trinajstić information content (AvgIpc) is 2.85. The van der Waals surface area contributed by atoms with Gasteiger partial charge in [-0.15, -0.1) is 11.3 Å². The first-order valence-corrected chi connectivity index (χ1v) is 6.68. The van der Waals surface area contributed by atoms with Gasteiger partial charge in [0, 0.05) is 6.54 Å². The van der Waals surface area contributed by atoms with Crippen LogP contribution in [0.3, 0.4) is 0 Å². The third kappa shape index (κ3) is 2.41. The zero-order chi connectivity index (χ0) is 13.1.